The van der Waals surface area contributed by atoms with E-state index in [9.17, 15) is 4.79 Å². The van der Waals surface area contributed by atoms with Crippen molar-refractivity contribution >= 4 is 17.4 Å². The van der Waals surface area contributed by atoms with Crippen LogP contribution in [-0.4, -0.2) is 5.78 Å². The summed E-state index contributed by atoms with van der Waals surface area (Å²) in [4.78, 5) is 11.5. The molecule has 1 aromatic carbocycles. The number of ketones is 1. The third kappa shape index (κ3) is 1.58. The summed E-state index contributed by atoms with van der Waals surface area (Å²) < 4.78 is 50.4. The SMILES string of the molecule is [2H]c1c([2H])c(C(=O)C([2H])([2H])[2H])c([2H])c([2H])c1Cl. The third-order valence-corrected chi connectivity index (χ3v) is 1.01. The van der Waals surface area contributed by atoms with E-state index in [1.54, 1.807) is 0 Å². The molecule has 52 valence electrons. The van der Waals surface area contributed by atoms with Crippen molar-refractivity contribution in [3.8, 4) is 0 Å². The van der Waals surface area contributed by atoms with Crippen molar-refractivity contribution in [2.75, 3.05) is 0 Å². The van der Waals surface area contributed by atoms with E-state index in [2.05, 4.69) is 0 Å². The summed E-state index contributed by atoms with van der Waals surface area (Å²) in [6.07, 6.45) is 0. The Kier molecular flexibility index (Phi) is 0.667. The van der Waals surface area contributed by atoms with Gasteiger partial charge in [-0.1, -0.05) is 11.6 Å². The minimum absolute atomic E-state index is 0.443. The lowest BCUT2D eigenvalue weighted by atomic mass is 10.2. The summed E-state index contributed by atoms with van der Waals surface area (Å²) in [5.74, 6) is -1.42. The van der Waals surface area contributed by atoms with Crippen LogP contribution in [0, 0.1) is 0 Å². The molecule has 0 aliphatic heterocycles. The van der Waals surface area contributed by atoms with Crippen molar-refractivity contribution in [2.45, 2.75) is 6.85 Å². The molecule has 0 atom stereocenters. The summed E-state index contributed by atoms with van der Waals surface area (Å²) in [7, 11) is 0. The molecular formula is C8H7ClO. The Balaban J connectivity index is 3.62. The number of rotatable bonds is 1. The van der Waals surface area contributed by atoms with Crippen LogP contribution >= 0.6 is 11.6 Å². The Morgan fingerprint density at radius 2 is 2.20 bits per heavy atom. The molecule has 0 N–H and O–H groups in total. The second-order valence-electron chi connectivity index (χ2n) is 1.52. The van der Waals surface area contributed by atoms with Gasteiger partial charge in [-0.25, -0.2) is 0 Å². The number of benzene rings is 1. The number of carbonyl (C=O) groups is 1. The molecule has 0 fully saturated rings. The monoisotopic (exact) mass is 161 g/mol. The first kappa shape index (κ1) is 2.35. The molecule has 2 heteroatoms. The highest BCUT2D eigenvalue weighted by atomic mass is 35.5. The molecule has 1 rings (SSSR count). The molecular weight excluding hydrogens is 148 g/mol. The fourth-order valence-electron chi connectivity index (χ4n) is 0.411. The molecule has 0 bridgehead atoms. The van der Waals surface area contributed by atoms with Crippen molar-refractivity contribution < 1.29 is 14.4 Å². The Bertz CT molecular complexity index is 465. The van der Waals surface area contributed by atoms with E-state index in [0.717, 1.165) is 0 Å². The maximum Gasteiger partial charge on any atom is 0.159 e. The molecule has 10 heavy (non-hydrogen) atoms. The molecule has 0 heterocycles. The fourth-order valence-corrected chi connectivity index (χ4v) is 0.505. The van der Waals surface area contributed by atoms with Gasteiger partial charge in [-0.15, -0.1) is 0 Å². The van der Waals surface area contributed by atoms with Crippen LogP contribution in [0.1, 0.15) is 26.8 Å². The van der Waals surface area contributed by atoms with Gasteiger partial charge >= 0.3 is 0 Å². The van der Waals surface area contributed by atoms with Gasteiger partial charge in [0.05, 0.1) is 5.48 Å². The summed E-state index contributed by atoms with van der Waals surface area (Å²) >= 11 is 5.51. The van der Waals surface area contributed by atoms with Gasteiger partial charge in [0.25, 0.3) is 0 Å². The topological polar surface area (TPSA) is 17.1 Å². The molecule has 0 aromatic heterocycles. The van der Waals surface area contributed by atoms with Crippen LogP contribution < -0.4 is 0 Å². The van der Waals surface area contributed by atoms with Crippen molar-refractivity contribution in [3.63, 3.8) is 0 Å². The normalized spacial score (nSPS) is 20.7. The quantitative estimate of drug-likeness (QED) is 0.579. The zero-order valence-electron chi connectivity index (χ0n) is 11.8. The lowest BCUT2D eigenvalue weighted by Crippen LogP contribution is -1.89. The van der Waals surface area contributed by atoms with Crippen molar-refractivity contribution in [3.05, 3.63) is 34.8 Å². The molecule has 0 saturated heterocycles. The maximum absolute atomic E-state index is 11.5. The molecule has 0 aliphatic carbocycles. The average Bonchev–Trinajstić information content (AvgIpc) is 2.22. The molecule has 1 aromatic rings. The first-order valence-corrected chi connectivity index (χ1v) is 2.77. The van der Waals surface area contributed by atoms with E-state index in [0.29, 0.717) is 0 Å². The average molecular weight is 162 g/mol. The summed E-state index contributed by atoms with van der Waals surface area (Å²) in [5.41, 5.74) is -0.760. The number of hydrogen-bond donors (Lipinski definition) is 0. The fraction of sp³-hybridized carbons (Fsp3) is 0.125. The summed E-state index contributed by atoms with van der Waals surface area (Å²) in [6, 6.07) is -2.73. The molecule has 0 aliphatic rings. The van der Waals surface area contributed by atoms with Crippen LogP contribution in [0.2, 0.25) is 5.02 Å². The highest BCUT2D eigenvalue weighted by Crippen LogP contribution is 2.09. The largest absolute Gasteiger partial charge is 0.295 e. The first-order chi connectivity index (χ1) is 7.59. The summed E-state index contributed by atoms with van der Waals surface area (Å²) in [5, 5.41) is -0.443. The van der Waals surface area contributed by atoms with Crippen LogP contribution in [0.25, 0.3) is 0 Å². The first-order valence-electron chi connectivity index (χ1n) is 5.89. The van der Waals surface area contributed by atoms with Crippen LogP contribution in [0.15, 0.2) is 24.2 Å². The van der Waals surface area contributed by atoms with Gasteiger partial charge < -0.3 is 0 Å². The van der Waals surface area contributed by atoms with Gasteiger partial charge in [-0.2, -0.15) is 0 Å². The minimum Gasteiger partial charge on any atom is -0.295 e. The van der Waals surface area contributed by atoms with Gasteiger partial charge in [-0.05, 0) is 31.0 Å². The van der Waals surface area contributed by atoms with Crippen LogP contribution in [0.4, 0.5) is 0 Å². The van der Waals surface area contributed by atoms with Crippen LogP contribution in [0.3, 0.4) is 0 Å². The number of Topliss-reactive ketones (excluding diaryl/α,β-unsaturated/α-hetero) is 1. The van der Waals surface area contributed by atoms with Crippen molar-refractivity contribution in [1.82, 2.24) is 0 Å². The van der Waals surface area contributed by atoms with E-state index >= 15 is 0 Å². The van der Waals surface area contributed by atoms with Gasteiger partial charge in [0.15, 0.2) is 5.78 Å². The van der Waals surface area contributed by atoms with E-state index in [1.165, 1.54) is 0 Å². The van der Waals surface area contributed by atoms with Gasteiger partial charge in [0, 0.05) is 14.7 Å². The number of halogens is 1. The highest BCUT2D eigenvalue weighted by molar-refractivity contribution is 6.30. The maximum atomic E-state index is 11.5. The second kappa shape index (κ2) is 2.84. The molecule has 1 nitrogen and oxygen atoms in total. The van der Waals surface area contributed by atoms with Crippen molar-refractivity contribution in [1.29, 1.82) is 0 Å². The molecule has 0 saturated carbocycles. The molecule has 0 amide bonds. The number of hydrogen-bond acceptors (Lipinski definition) is 1. The molecule has 0 unspecified atom stereocenters. The highest BCUT2D eigenvalue weighted by Gasteiger charge is 1.95. The smallest absolute Gasteiger partial charge is 0.159 e. The van der Waals surface area contributed by atoms with Crippen LogP contribution in [0.5, 0.6) is 0 Å². The van der Waals surface area contributed by atoms with E-state index in [-0.39, 0.29) is 0 Å². The van der Waals surface area contributed by atoms with Crippen molar-refractivity contribution in [2.24, 2.45) is 0 Å². The van der Waals surface area contributed by atoms with Crippen LogP contribution in [-0.2, 0) is 0 Å². The Hall–Kier alpha value is -0.820. The van der Waals surface area contributed by atoms with Gasteiger partial charge in [0.1, 0.15) is 0 Å². The Morgan fingerprint density at radius 3 is 2.70 bits per heavy atom. The predicted molar refractivity (Wildman–Crippen MR) is 41.5 cm³/mol. The standard InChI is InChI=1S/C8H7ClO/c1-6(10)7-2-4-8(9)5-3-7/h2-5H,1H3/i1D3,2D,3D,4D,5D. The van der Waals surface area contributed by atoms with Gasteiger partial charge in [0.2, 0.25) is 0 Å². The zero-order chi connectivity index (χ0) is 13.5. The van der Waals surface area contributed by atoms with E-state index in [4.69, 9.17) is 21.2 Å². The zero-order valence-corrected chi connectivity index (χ0v) is 5.54. The minimum atomic E-state index is -3.02. The van der Waals surface area contributed by atoms with E-state index in [1.807, 2.05) is 0 Å². The lowest BCUT2D eigenvalue weighted by Gasteiger charge is -1.92. The molecule has 0 radical (unpaired) electrons. The third-order valence-electron chi connectivity index (χ3n) is 0.822. The number of carbonyl (C=O) groups excluding carboxylic acids is 1. The predicted octanol–water partition coefficient (Wildman–Crippen LogP) is 2.54. The Labute approximate surface area is 74.5 Å². The lowest BCUT2D eigenvalue weighted by molar-refractivity contribution is 0.101. The Morgan fingerprint density at radius 1 is 1.60 bits per heavy atom. The molecule has 0 spiro atoms. The van der Waals surface area contributed by atoms with E-state index < -0.39 is 47.4 Å². The van der Waals surface area contributed by atoms with Gasteiger partial charge in [-0.3, -0.25) is 4.79 Å². The summed E-state index contributed by atoms with van der Waals surface area (Å²) in [6.45, 7) is -3.02. The second-order valence-corrected chi connectivity index (χ2v) is 1.90.